The Kier molecular flexibility index (Phi) is 2.80. The van der Waals surface area contributed by atoms with Gasteiger partial charge in [0.25, 0.3) is 0 Å². The van der Waals surface area contributed by atoms with Gasteiger partial charge in [0.15, 0.2) is 17.3 Å². The average molecular weight is 241 g/mol. The normalized spacial score (nSPS) is 13.3. The quantitative estimate of drug-likeness (QED) is 0.744. The summed E-state index contributed by atoms with van der Waals surface area (Å²) in [6.07, 6.45) is 0. The zero-order valence-corrected chi connectivity index (χ0v) is 10.2. The third kappa shape index (κ3) is 1.65. The molecule has 1 aliphatic heterocycles. The molecule has 1 aliphatic rings. The van der Waals surface area contributed by atoms with Crippen LogP contribution in [-0.2, 0) is 0 Å². The van der Waals surface area contributed by atoms with Gasteiger partial charge >= 0.3 is 0 Å². The van der Waals surface area contributed by atoms with Crippen LogP contribution in [0.1, 0.15) is 42.6 Å². The fourth-order valence-corrected chi connectivity index (χ4v) is 2.16. The van der Waals surface area contributed by atoms with E-state index in [-0.39, 0.29) is 18.5 Å². The molecule has 0 unspecified atom stereocenters. The molecule has 2 rings (SSSR count). The number of halogens is 1. The summed E-state index contributed by atoms with van der Waals surface area (Å²) < 4.78 is 10.7. The number of hydrogen-bond donors (Lipinski definition) is 0. The summed E-state index contributed by atoms with van der Waals surface area (Å²) in [4.78, 5) is 11.6. The molecule has 1 aromatic carbocycles. The van der Waals surface area contributed by atoms with Crippen molar-refractivity contribution in [3.63, 3.8) is 0 Å². The van der Waals surface area contributed by atoms with Gasteiger partial charge in [-0.3, -0.25) is 4.79 Å². The van der Waals surface area contributed by atoms with Crippen molar-refractivity contribution >= 4 is 17.4 Å². The molecule has 3 nitrogen and oxygen atoms in total. The second kappa shape index (κ2) is 3.98. The zero-order valence-electron chi connectivity index (χ0n) is 9.46. The molecule has 0 spiro atoms. The molecule has 0 radical (unpaired) electrons. The van der Waals surface area contributed by atoms with Gasteiger partial charge in [-0.1, -0.05) is 25.4 Å². The van der Waals surface area contributed by atoms with E-state index in [0.29, 0.717) is 22.1 Å². The number of ketones is 1. The van der Waals surface area contributed by atoms with Crippen molar-refractivity contribution < 1.29 is 14.3 Å². The molecule has 0 atom stereocenters. The minimum absolute atomic E-state index is 0.0103. The number of hydrogen-bond acceptors (Lipinski definition) is 3. The van der Waals surface area contributed by atoms with Gasteiger partial charge in [0.1, 0.15) is 0 Å². The van der Waals surface area contributed by atoms with Gasteiger partial charge in [-0.05, 0) is 18.9 Å². The van der Waals surface area contributed by atoms with Crippen LogP contribution in [-0.4, -0.2) is 12.6 Å². The molecular weight excluding hydrogens is 228 g/mol. The Morgan fingerprint density at radius 1 is 1.38 bits per heavy atom. The second-order valence-electron chi connectivity index (χ2n) is 4.10. The van der Waals surface area contributed by atoms with Crippen molar-refractivity contribution in [2.45, 2.75) is 26.7 Å². The lowest BCUT2D eigenvalue weighted by Crippen LogP contribution is -2.03. The maximum Gasteiger partial charge on any atom is 0.231 e. The predicted molar refractivity (Wildman–Crippen MR) is 61.7 cm³/mol. The minimum Gasteiger partial charge on any atom is -0.453 e. The van der Waals surface area contributed by atoms with E-state index >= 15 is 0 Å². The number of rotatable bonds is 2. The summed E-state index contributed by atoms with van der Waals surface area (Å²) >= 11 is 6.04. The van der Waals surface area contributed by atoms with E-state index in [0.717, 1.165) is 5.56 Å². The zero-order chi connectivity index (χ0) is 11.9. The summed E-state index contributed by atoms with van der Waals surface area (Å²) in [6, 6.07) is 1.66. The van der Waals surface area contributed by atoms with Gasteiger partial charge in [-0.15, -0.1) is 0 Å². The third-order valence-electron chi connectivity index (χ3n) is 2.59. The highest BCUT2D eigenvalue weighted by molar-refractivity contribution is 6.32. The van der Waals surface area contributed by atoms with E-state index in [2.05, 4.69) is 0 Å². The van der Waals surface area contributed by atoms with Crippen LogP contribution in [0.4, 0.5) is 0 Å². The van der Waals surface area contributed by atoms with Crippen LogP contribution in [0.5, 0.6) is 11.5 Å². The summed E-state index contributed by atoms with van der Waals surface area (Å²) in [5, 5.41) is 0.433. The number of carbonyl (C=O) groups excluding carboxylic acids is 1. The number of Topliss-reactive ketones (excluding diaryl/α,β-unsaturated/α-hetero) is 1. The Morgan fingerprint density at radius 3 is 2.56 bits per heavy atom. The first kappa shape index (κ1) is 11.3. The highest BCUT2D eigenvalue weighted by Crippen LogP contribution is 2.46. The lowest BCUT2D eigenvalue weighted by atomic mass is 9.93. The number of fused-ring (bicyclic) bond motifs is 1. The Labute approximate surface area is 99.3 Å². The first-order valence-corrected chi connectivity index (χ1v) is 5.53. The third-order valence-corrected chi connectivity index (χ3v) is 2.87. The Hall–Kier alpha value is -1.22. The topological polar surface area (TPSA) is 35.5 Å². The number of benzene rings is 1. The molecule has 0 aromatic heterocycles. The van der Waals surface area contributed by atoms with E-state index in [4.69, 9.17) is 21.1 Å². The number of ether oxygens (including phenoxy) is 2. The molecule has 0 bridgehead atoms. The highest BCUT2D eigenvalue weighted by atomic mass is 35.5. The van der Waals surface area contributed by atoms with Crippen molar-refractivity contribution in [3.05, 3.63) is 22.2 Å². The molecule has 86 valence electrons. The van der Waals surface area contributed by atoms with Crippen LogP contribution in [0.3, 0.4) is 0 Å². The van der Waals surface area contributed by atoms with Crippen molar-refractivity contribution in [2.24, 2.45) is 0 Å². The molecule has 0 N–H and O–H groups in total. The Balaban J connectivity index is 2.72. The monoisotopic (exact) mass is 240 g/mol. The summed E-state index contributed by atoms with van der Waals surface area (Å²) in [5.41, 5.74) is 1.49. The summed E-state index contributed by atoms with van der Waals surface area (Å²) in [5.74, 6) is 1.35. The highest BCUT2D eigenvalue weighted by Gasteiger charge is 2.27. The van der Waals surface area contributed by atoms with Crippen LogP contribution in [0.25, 0.3) is 0 Å². The lowest BCUT2D eigenvalue weighted by molar-refractivity contribution is 0.101. The van der Waals surface area contributed by atoms with Crippen molar-refractivity contribution in [3.8, 4) is 11.5 Å². The van der Waals surface area contributed by atoms with Crippen LogP contribution in [0.15, 0.2) is 6.07 Å². The fourth-order valence-electron chi connectivity index (χ4n) is 1.91. The lowest BCUT2D eigenvalue weighted by Gasteiger charge is -2.14. The molecule has 0 aliphatic carbocycles. The van der Waals surface area contributed by atoms with Gasteiger partial charge in [0, 0.05) is 11.1 Å². The Morgan fingerprint density at radius 2 is 2.00 bits per heavy atom. The van der Waals surface area contributed by atoms with Crippen LogP contribution >= 0.6 is 11.6 Å². The van der Waals surface area contributed by atoms with Gasteiger partial charge < -0.3 is 9.47 Å². The van der Waals surface area contributed by atoms with Gasteiger partial charge in [-0.2, -0.15) is 0 Å². The summed E-state index contributed by atoms with van der Waals surface area (Å²) in [7, 11) is 0. The van der Waals surface area contributed by atoms with E-state index < -0.39 is 0 Å². The average Bonchev–Trinajstić information content (AvgIpc) is 2.65. The van der Waals surface area contributed by atoms with Crippen LogP contribution in [0, 0.1) is 0 Å². The van der Waals surface area contributed by atoms with E-state index in [1.54, 1.807) is 6.07 Å². The van der Waals surface area contributed by atoms with E-state index in [9.17, 15) is 4.79 Å². The van der Waals surface area contributed by atoms with Gasteiger partial charge in [0.05, 0.1) is 5.02 Å². The largest absolute Gasteiger partial charge is 0.453 e. The SMILES string of the molecule is CC(=O)c1cc(Cl)c2c(c1C(C)C)OCO2. The predicted octanol–water partition coefficient (Wildman–Crippen LogP) is 3.39. The Bertz CT molecular complexity index is 452. The molecule has 16 heavy (non-hydrogen) atoms. The standard InChI is InChI=1S/C12H13ClO3/c1-6(2)10-8(7(3)14)4-9(13)11-12(10)16-5-15-11/h4,6H,5H2,1-3H3. The minimum atomic E-state index is -0.0103. The van der Waals surface area contributed by atoms with E-state index in [1.807, 2.05) is 13.8 Å². The van der Waals surface area contributed by atoms with Crippen molar-refractivity contribution in [1.82, 2.24) is 0 Å². The van der Waals surface area contributed by atoms with Crippen LogP contribution < -0.4 is 9.47 Å². The molecule has 4 heteroatoms. The van der Waals surface area contributed by atoms with Crippen LogP contribution in [0.2, 0.25) is 5.02 Å². The second-order valence-corrected chi connectivity index (χ2v) is 4.50. The number of carbonyl (C=O) groups is 1. The molecule has 0 saturated heterocycles. The summed E-state index contributed by atoms with van der Waals surface area (Å²) in [6.45, 7) is 5.71. The van der Waals surface area contributed by atoms with Gasteiger partial charge in [0.2, 0.25) is 6.79 Å². The van der Waals surface area contributed by atoms with Crippen molar-refractivity contribution in [1.29, 1.82) is 0 Å². The molecule has 0 fully saturated rings. The maximum absolute atomic E-state index is 11.6. The first-order chi connectivity index (χ1) is 7.52. The molecule has 1 aromatic rings. The fraction of sp³-hybridized carbons (Fsp3) is 0.417. The van der Waals surface area contributed by atoms with E-state index in [1.165, 1.54) is 6.92 Å². The molecular formula is C12H13ClO3. The first-order valence-electron chi connectivity index (χ1n) is 5.15. The van der Waals surface area contributed by atoms with Crippen molar-refractivity contribution in [2.75, 3.05) is 6.79 Å². The maximum atomic E-state index is 11.6. The smallest absolute Gasteiger partial charge is 0.231 e. The molecule has 0 saturated carbocycles. The molecule has 0 amide bonds. The van der Waals surface area contributed by atoms with Gasteiger partial charge in [-0.25, -0.2) is 0 Å². The molecule has 1 heterocycles.